The first-order chi connectivity index (χ1) is 16.4. The molecule has 34 heavy (non-hydrogen) atoms. The van der Waals surface area contributed by atoms with Gasteiger partial charge in [-0.2, -0.15) is 4.98 Å². The molecule has 0 aliphatic heterocycles. The van der Waals surface area contributed by atoms with Crippen LogP contribution in [0.25, 0.3) is 11.2 Å². The number of amides is 1. The molecule has 3 aromatic rings. The summed E-state index contributed by atoms with van der Waals surface area (Å²) in [5, 5.41) is 6.12. The number of benzene rings is 1. The maximum atomic E-state index is 12.9. The first-order valence-electron chi connectivity index (χ1n) is 11.7. The molecule has 0 radical (unpaired) electrons. The summed E-state index contributed by atoms with van der Waals surface area (Å²) in [4.78, 5) is 36.5. The van der Waals surface area contributed by atoms with E-state index in [-0.39, 0.29) is 17.6 Å². The van der Waals surface area contributed by atoms with Crippen molar-refractivity contribution in [3.8, 4) is 5.75 Å². The minimum atomic E-state index is -0.147. The van der Waals surface area contributed by atoms with Gasteiger partial charge in [-0.1, -0.05) is 12.8 Å². The molecule has 0 unspecified atom stereocenters. The summed E-state index contributed by atoms with van der Waals surface area (Å²) >= 11 is 0. The largest absolute Gasteiger partial charge is 0.495 e. The number of carbonyl (C=O) groups is 1. The molecule has 10 heteroatoms. The molecule has 4 rings (SSSR count). The van der Waals surface area contributed by atoms with Crippen molar-refractivity contribution in [2.45, 2.75) is 38.1 Å². The standard InChI is InChI=1S/C24H33N7O3/c1-29(2)13-7-12-25-22(32)16-10-11-18(20(14-16)34-4)27-23-26-15-19-21(28-23)31(24(33)30(19)3)17-8-5-6-9-17/h10-11,14-15,17H,5-9,12-13H2,1-4H3,(H,25,32)(H,26,27,28). The lowest BCUT2D eigenvalue weighted by Gasteiger charge is -2.13. The quantitative estimate of drug-likeness (QED) is 0.466. The maximum absolute atomic E-state index is 12.9. The SMILES string of the molecule is COc1cc(C(=O)NCCCN(C)C)ccc1Nc1ncc2c(n1)n(C1CCCC1)c(=O)n2C. The van der Waals surface area contributed by atoms with Crippen molar-refractivity contribution in [1.29, 1.82) is 0 Å². The number of hydrogen-bond acceptors (Lipinski definition) is 7. The Morgan fingerprint density at radius 3 is 2.74 bits per heavy atom. The van der Waals surface area contributed by atoms with Crippen molar-refractivity contribution in [3.63, 3.8) is 0 Å². The van der Waals surface area contributed by atoms with Crippen molar-refractivity contribution < 1.29 is 9.53 Å². The fourth-order valence-electron chi connectivity index (χ4n) is 4.44. The average molecular weight is 468 g/mol. The van der Waals surface area contributed by atoms with Crippen LogP contribution in [0.1, 0.15) is 48.5 Å². The molecule has 2 aromatic heterocycles. The lowest BCUT2D eigenvalue weighted by Crippen LogP contribution is -2.27. The first-order valence-corrected chi connectivity index (χ1v) is 11.7. The van der Waals surface area contributed by atoms with E-state index >= 15 is 0 Å². The van der Waals surface area contributed by atoms with Crippen molar-refractivity contribution >= 4 is 28.7 Å². The summed E-state index contributed by atoms with van der Waals surface area (Å²) in [5.41, 5.74) is 2.42. The Morgan fingerprint density at radius 1 is 1.26 bits per heavy atom. The zero-order valence-electron chi connectivity index (χ0n) is 20.3. The van der Waals surface area contributed by atoms with Crippen LogP contribution in [0.2, 0.25) is 0 Å². The second kappa shape index (κ2) is 10.3. The highest BCUT2D eigenvalue weighted by Gasteiger charge is 2.24. The minimum Gasteiger partial charge on any atom is -0.495 e. The van der Waals surface area contributed by atoms with Crippen LogP contribution in [0, 0.1) is 0 Å². The number of aryl methyl sites for hydroxylation is 1. The smallest absolute Gasteiger partial charge is 0.330 e. The van der Waals surface area contributed by atoms with E-state index in [0.717, 1.165) is 38.6 Å². The molecule has 1 aliphatic carbocycles. The predicted octanol–water partition coefficient (Wildman–Crippen LogP) is 2.68. The molecule has 0 saturated heterocycles. The molecule has 0 spiro atoms. The van der Waals surface area contributed by atoms with Gasteiger partial charge in [0, 0.05) is 25.2 Å². The highest BCUT2D eigenvalue weighted by atomic mass is 16.5. The Hall–Kier alpha value is -3.40. The first kappa shape index (κ1) is 23.7. The van der Waals surface area contributed by atoms with E-state index < -0.39 is 0 Å². The highest BCUT2D eigenvalue weighted by molar-refractivity contribution is 5.95. The van der Waals surface area contributed by atoms with Gasteiger partial charge in [0.2, 0.25) is 5.95 Å². The lowest BCUT2D eigenvalue weighted by atomic mass is 10.1. The van der Waals surface area contributed by atoms with E-state index in [1.54, 1.807) is 47.7 Å². The molecule has 182 valence electrons. The van der Waals surface area contributed by atoms with Gasteiger partial charge in [0.15, 0.2) is 5.65 Å². The van der Waals surface area contributed by atoms with Crippen LogP contribution in [0.4, 0.5) is 11.6 Å². The number of imidazole rings is 1. The summed E-state index contributed by atoms with van der Waals surface area (Å²) in [5.74, 6) is 0.723. The molecule has 1 aromatic carbocycles. The second-order valence-corrected chi connectivity index (χ2v) is 9.01. The number of ether oxygens (including phenoxy) is 1. The Bertz CT molecular complexity index is 1230. The van der Waals surface area contributed by atoms with Gasteiger partial charge in [0.1, 0.15) is 11.3 Å². The van der Waals surface area contributed by atoms with Crippen LogP contribution < -0.4 is 21.1 Å². The van der Waals surface area contributed by atoms with E-state index in [1.165, 1.54) is 0 Å². The third-order valence-electron chi connectivity index (χ3n) is 6.30. The van der Waals surface area contributed by atoms with Crippen LogP contribution in [-0.4, -0.2) is 64.2 Å². The number of hydrogen-bond donors (Lipinski definition) is 2. The number of fused-ring (bicyclic) bond motifs is 1. The number of anilines is 2. The van der Waals surface area contributed by atoms with Crippen LogP contribution in [-0.2, 0) is 7.05 Å². The molecule has 0 atom stereocenters. The molecular formula is C24H33N7O3. The Labute approximate surface area is 198 Å². The number of rotatable bonds is 9. The van der Waals surface area contributed by atoms with Crippen LogP contribution >= 0.6 is 0 Å². The van der Waals surface area contributed by atoms with E-state index in [9.17, 15) is 9.59 Å². The van der Waals surface area contributed by atoms with Gasteiger partial charge in [-0.15, -0.1) is 0 Å². The molecule has 10 nitrogen and oxygen atoms in total. The zero-order chi connectivity index (χ0) is 24.2. The van der Waals surface area contributed by atoms with Crippen LogP contribution in [0.3, 0.4) is 0 Å². The number of methoxy groups -OCH3 is 1. The van der Waals surface area contributed by atoms with E-state index in [0.29, 0.717) is 40.7 Å². The fraction of sp³-hybridized carbons (Fsp3) is 0.500. The molecule has 0 bridgehead atoms. The third kappa shape index (κ3) is 4.91. The number of carbonyl (C=O) groups excluding carboxylic acids is 1. The second-order valence-electron chi connectivity index (χ2n) is 9.01. The topological polar surface area (TPSA) is 106 Å². The monoisotopic (exact) mass is 467 g/mol. The molecular weight excluding hydrogens is 434 g/mol. The van der Waals surface area contributed by atoms with Gasteiger partial charge in [-0.25, -0.2) is 9.78 Å². The Balaban J connectivity index is 1.55. The van der Waals surface area contributed by atoms with Gasteiger partial charge in [-0.3, -0.25) is 13.9 Å². The number of nitrogens with zero attached hydrogens (tertiary/aromatic N) is 5. The van der Waals surface area contributed by atoms with Gasteiger partial charge >= 0.3 is 5.69 Å². The van der Waals surface area contributed by atoms with Crippen molar-refractivity contribution in [3.05, 3.63) is 40.4 Å². The van der Waals surface area contributed by atoms with E-state index in [2.05, 4.69) is 25.5 Å². The van der Waals surface area contributed by atoms with Crippen molar-refractivity contribution in [2.75, 3.05) is 39.6 Å². The Morgan fingerprint density at radius 2 is 2.03 bits per heavy atom. The van der Waals surface area contributed by atoms with Gasteiger partial charge < -0.3 is 20.3 Å². The molecule has 1 fully saturated rings. The van der Waals surface area contributed by atoms with Crippen LogP contribution in [0.5, 0.6) is 5.75 Å². The fourth-order valence-corrected chi connectivity index (χ4v) is 4.44. The summed E-state index contributed by atoms with van der Waals surface area (Å²) < 4.78 is 8.92. The number of nitrogens with one attached hydrogen (secondary N) is 2. The summed E-state index contributed by atoms with van der Waals surface area (Å²) in [6.45, 7) is 1.51. The minimum absolute atomic E-state index is 0.0631. The van der Waals surface area contributed by atoms with Crippen LogP contribution in [0.15, 0.2) is 29.2 Å². The summed E-state index contributed by atoms with van der Waals surface area (Å²) in [6, 6.07) is 5.38. The van der Waals surface area contributed by atoms with Gasteiger partial charge in [-0.05, 0) is 58.1 Å². The van der Waals surface area contributed by atoms with Gasteiger partial charge in [0.25, 0.3) is 5.91 Å². The maximum Gasteiger partial charge on any atom is 0.330 e. The molecule has 2 N–H and O–H groups in total. The predicted molar refractivity (Wildman–Crippen MR) is 132 cm³/mol. The van der Waals surface area contributed by atoms with Crippen molar-refractivity contribution in [2.24, 2.45) is 7.05 Å². The molecule has 1 saturated carbocycles. The summed E-state index contributed by atoms with van der Waals surface area (Å²) in [7, 11) is 7.31. The Kier molecular flexibility index (Phi) is 7.16. The summed E-state index contributed by atoms with van der Waals surface area (Å²) in [6.07, 6.45) is 6.75. The lowest BCUT2D eigenvalue weighted by molar-refractivity contribution is 0.0952. The highest BCUT2D eigenvalue weighted by Crippen LogP contribution is 2.31. The molecule has 2 heterocycles. The van der Waals surface area contributed by atoms with E-state index in [4.69, 9.17) is 4.74 Å². The molecule has 1 aliphatic rings. The van der Waals surface area contributed by atoms with E-state index in [1.807, 2.05) is 14.1 Å². The zero-order valence-corrected chi connectivity index (χ0v) is 20.3. The van der Waals surface area contributed by atoms with Gasteiger partial charge in [0.05, 0.1) is 19.0 Å². The van der Waals surface area contributed by atoms with Crippen molar-refractivity contribution in [1.82, 2.24) is 29.3 Å². The average Bonchev–Trinajstić information content (AvgIpc) is 3.43. The number of aromatic nitrogens is 4. The molecule has 1 amide bonds. The third-order valence-corrected chi connectivity index (χ3v) is 6.30. The normalized spacial score (nSPS) is 14.1.